The number of likely N-dealkylation sites (N-methyl/N-ethyl adjacent to an activating group) is 1. The Bertz CT molecular complexity index is 255. The van der Waals surface area contributed by atoms with Crippen molar-refractivity contribution in [2.45, 2.75) is 58.1 Å². The largest absolute Gasteiger partial charge is 0.480 e. The summed E-state index contributed by atoms with van der Waals surface area (Å²) in [4.78, 5) is 11.3. The lowest BCUT2D eigenvalue weighted by Gasteiger charge is -2.25. The van der Waals surface area contributed by atoms with Gasteiger partial charge in [0.05, 0.1) is 6.10 Å². The zero-order chi connectivity index (χ0) is 12.9. The molecule has 100 valence electrons. The summed E-state index contributed by atoms with van der Waals surface area (Å²) in [6.45, 7) is 7.70. The number of nitrogens with one attached hydrogen (secondary N) is 1. The van der Waals surface area contributed by atoms with Crippen LogP contribution < -0.4 is 5.32 Å². The number of carboxylic acids is 1. The zero-order valence-electron chi connectivity index (χ0n) is 11.2. The van der Waals surface area contributed by atoms with E-state index in [1.54, 1.807) is 0 Å². The van der Waals surface area contributed by atoms with Crippen LogP contribution in [0.1, 0.15) is 46.5 Å². The van der Waals surface area contributed by atoms with E-state index in [9.17, 15) is 9.90 Å². The van der Waals surface area contributed by atoms with Crippen LogP contribution in [-0.4, -0.2) is 35.9 Å². The highest BCUT2D eigenvalue weighted by atomic mass is 16.5. The van der Waals surface area contributed by atoms with Crippen molar-refractivity contribution in [2.24, 2.45) is 5.92 Å². The van der Waals surface area contributed by atoms with E-state index in [1.165, 1.54) is 0 Å². The van der Waals surface area contributed by atoms with E-state index >= 15 is 0 Å². The number of ether oxygens (including phenoxy) is 1. The van der Waals surface area contributed by atoms with E-state index in [-0.39, 0.29) is 6.10 Å². The second-order valence-corrected chi connectivity index (χ2v) is 5.34. The first-order valence-corrected chi connectivity index (χ1v) is 6.60. The van der Waals surface area contributed by atoms with Gasteiger partial charge in [0.15, 0.2) is 0 Å². The monoisotopic (exact) mass is 243 g/mol. The molecule has 0 radical (unpaired) electrons. The Kier molecular flexibility index (Phi) is 5.40. The molecule has 0 spiro atoms. The van der Waals surface area contributed by atoms with Gasteiger partial charge in [0.2, 0.25) is 0 Å². The van der Waals surface area contributed by atoms with Crippen molar-refractivity contribution in [3.63, 3.8) is 0 Å². The molecular formula is C13H25NO3. The average Bonchev–Trinajstić information content (AvgIpc) is 2.63. The van der Waals surface area contributed by atoms with Gasteiger partial charge < -0.3 is 15.2 Å². The molecule has 1 aliphatic rings. The van der Waals surface area contributed by atoms with Crippen LogP contribution in [-0.2, 0) is 9.53 Å². The van der Waals surface area contributed by atoms with E-state index in [4.69, 9.17) is 4.74 Å². The Morgan fingerprint density at radius 1 is 1.59 bits per heavy atom. The van der Waals surface area contributed by atoms with Crippen LogP contribution in [0.5, 0.6) is 0 Å². The van der Waals surface area contributed by atoms with Gasteiger partial charge in [-0.15, -0.1) is 0 Å². The molecule has 4 heteroatoms. The molecule has 0 heterocycles. The van der Waals surface area contributed by atoms with E-state index < -0.39 is 11.5 Å². The second-order valence-electron chi connectivity index (χ2n) is 5.34. The topological polar surface area (TPSA) is 58.6 Å². The molecule has 0 aromatic rings. The summed E-state index contributed by atoms with van der Waals surface area (Å²) in [6.07, 6.45) is 3.25. The molecule has 0 amide bonds. The molecular weight excluding hydrogens is 218 g/mol. The lowest BCUT2D eigenvalue weighted by atomic mass is 9.98. The van der Waals surface area contributed by atoms with Crippen LogP contribution in [0.15, 0.2) is 0 Å². The predicted molar refractivity (Wildman–Crippen MR) is 67.1 cm³/mol. The summed E-state index contributed by atoms with van der Waals surface area (Å²) in [5, 5.41) is 12.4. The smallest absolute Gasteiger partial charge is 0.323 e. The van der Waals surface area contributed by atoms with Crippen molar-refractivity contribution >= 4 is 5.97 Å². The van der Waals surface area contributed by atoms with E-state index in [2.05, 4.69) is 19.2 Å². The van der Waals surface area contributed by atoms with Gasteiger partial charge in [-0.05, 0) is 31.7 Å². The summed E-state index contributed by atoms with van der Waals surface area (Å²) in [7, 11) is 0. The number of carbonyl (C=O) groups is 1. The maximum atomic E-state index is 11.3. The fourth-order valence-electron chi connectivity index (χ4n) is 2.38. The summed E-state index contributed by atoms with van der Waals surface area (Å²) in [5.74, 6) is -0.108. The molecule has 0 aromatic heterocycles. The van der Waals surface area contributed by atoms with Gasteiger partial charge in [0, 0.05) is 13.0 Å². The standard InChI is InChI=1S/C13H25NO3/c1-4-14-13(12(15)16)7-5-11(9-13)17-8-6-10(2)3/h10-11,14H,4-9H2,1-3H3,(H,15,16). The molecule has 1 rings (SSSR count). The van der Waals surface area contributed by atoms with Gasteiger partial charge in [0.25, 0.3) is 0 Å². The van der Waals surface area contributed by atoms with Crippen molar-refractivity contribution in [3.05, 3.63) is 0 Å². The van der Waals surface area contributed by atoms with Crippen molar-refractivity contribution in [2.75, 3.05) is 13.2 Å². The Balaban J connectivity index is 2.41. The van der Waals surface area contributed by atoms with Crippen LogP contribution in [0, 0.1) is 5.92 Å². The van der Waals surface area contributed by atoms with Crippen LogP contribution in [0.2, 0.25) is 0 Å². The molecule has 0 saturated heterocycles. The van der Waals surface area contributed by atoms with Crippen molar-refractivity contribution < 1.29 is 14.6 Å². The average molecular weight is 243 g/mol. The second kappa shape index (κ2) is 6.36. The maximum Gasteiger partial charge on any atom is 0.323 e. The molecule has 0 aromatic carbocycles. The van der Waals surface area contributed by atoms with Gasteiger partial charge >= 0.3 is 5.97 Å². The SMILES string of the molecule is CCNC1(C(=O)O)CCC(OCCC(C)C)C1. The molecule has 17 heavy (non-hydrogen) atoms. The van der Waals surface area contributed by atoms with Gasteiger partial charge in [0.1, 0.15) is 5.54 Å². The normalized spacial score (nSPS) is 28.8. The number of rotatable bonds is 7. The van der Waals surface area contributed by atoms with Crippen LogP contribution in [0.4, 0.5) is 0 Å². The molecule has 4 nitrogen and oxygen atoms in total. The van der Waals surface area contributed by atoms with E-state index in [1.807, 2.05) is 6.92 Å². The minimum atomic E-state index is -0.753. The highest BCUT2D eigenvalue weighted by molar-refractivity contribution is 5.79. The molecule has 0 bridgehead atoms. The zero-order valence-corrected chi connectivity index (χ0v) is 11.2. The summed E-state index contributed by atoms with van der Waals surface area (Å²) in [5.41, 5.74) is -0.753. The van der Waals surface area contributed by atoms with E-state index in [0.29, 0.717) is 25.3 Å². The summed E-state index contributed by atoms with van der Waals surface area (Å²) >= 11 is 0. The maximum absolute atomic E-state index is 11.3. The fourth-order valence-corrected chi connectivity index (χ4v) is 2.38. The van der Waals surface area contributed by atoms with Crippen molar-refractivity contribution in [3.8, 4) is 0 Å². The number of hydrogen-bond acceptors (Lipinski definition) is 3. The van der Waals surface area contributed by atoms with Gasteiger partial charge in [-0.2, -0.15) is 0 Å². The van der Waals surface area contributed by atoms with Gasteiger partial charge in [-0.3, -0.25) is 4.79 Å². The lowest BCUT2D eigenvalue weighted by molar-refractivity contribution is -0.145. The highest BCUT2D eigenvalue weighted by Crippen LogP contribution is 2.32. The lowest BCUT2D eigenvalue weighted by Crippen LogP contribution is -2.50. The van der Waals surface area contributed by atoms with Gasteiger partial charge in [-0.1, -0.05) is 20.8 Å². The number of carboxylic acid groups (broad SMARTS) is 1. The Morgan fingerprint density at radius 2 is 2.29 bits per heavy atom. The third-order valence-corrected chi connectivity index (χ3v) is 3.44. The highest BCUT2D eigenvalue weighted by Gasteiger charge is 2.45. The van der Waals surface area contributed by atoms with Crippen LogP contribution in [0.3, 0.4) is 0 Å². The van der Waals surface area contributed by atoms with Crippen LogP contribution in [0.25, 0.3) is 0 Å². The minimum Gasteiger partial charge on any atom is -0.480 e. The fraction of sp³-hybridized carbons (Fsp3) is 0.923. The van der Waals surface area contributed by atoms with Crippen molar-refractivity contribution in [1.29, 1.82) is 0 Å². The Morgan fingerprint density at radius 3 is 2.82 bits per heavy atom. The molecule has 2 unspecified atom stereocenters. The third-order valence-electron chi connectivity index (χ3n) is 3.44. The summed E-state index contributed by atoms with van der Waals surface area (Å²) in [6, 6.07) is 0. The molecule has 1 saturated carbocycles. The molecule has 2 N–H and O–H groups in total. The summed E-state index contributed by atoms with van der Waals surface area (Å²) < 4.78 is 5.76. The minimum absolute atomic E-state index is 0.101. The van der Waals surface area contributed by atoms with Gasteiger partial charge in [-0.25, -0.2) is 0 Å². The third kappa shape index (κ3) is 3.96. The Hall–Kier alpha value is -0.610. The van der Waals surface area contributed by atoms with Crippen LogP contribution >= 0.6 is 0 Å². The quantitative estimate of drug-likeness (QED) is 0.718. The first-order chi connectivity index (χ1) is 8.00. The first kappa shape index (κ1) is 14.5. The van der Waals surface area contributed by atoms with E-state index in [0.717, 1.165) is 19.4 Å². The number of hydrogen-bond donors (Lipinski definition) is 2. The Labute approximate surface area is 104 Å². The van der Waals surface area contributed by atoms with Crippen molar-refractivity contribution in [1.82, 2.24) is 5.32 Å². The number of aliphatic carboxylic acids is 1. The predicted octanol–water partition coefficient (Wildman–Crippen LogP) is 2.03. The first-order valence-electron chi connectivity index (χ1n) is 6.60. The molecule has 1 aliphatic carbocycles. The molecule has 0 aliphatic heterocycles. The molecule has 2 atom stereocenters. The molecule has 1 fully saturated rings.